The number of hydrogen-bond acceptors (Lipinski definition) is 23. The number of aliphatic hydroxyl groups excluding tert-OH is 3. The highest BCUT2D eigenvalue weighted by Crippen LogP contribution is 2.18. The molecule has 2 fully saturated rings. The van der Waals surface area contributed by atoms with Crippen LogP contribution in [0.15, 0.2) is 24.3 Å². The fraction of sp³-hybridized carbons (Fsp3) is 0.827. The van der Waals surface area contributed by atoms with E-state index < -0.39 is 65.3 Å². The van der Waals surface area contributed by atoms with Gasteiger partial charge in [0.1, 0.15) is 44.2 Å². The molecule has 2 rings (SSSR count). The summed E-state index contributed by atoms with van der Waals surface area (Å²) in [7, 11) is -3.21. The second-order valence-corrected chi connectivity index (χ2v) is 25.0. The van der Waals surface area contributed by atoms with E-state index in [4.69, 9.17) is 78.1 Å². The molecule has 10 unspecified atom stereocenters. The van der Waals surface area contributed by atoms with Gasteiger partial charge < -0.3 is 98.7 Å². The fourth-order valence-electron chi connectivity index (χ4n) is 5.31. The zero-order valence-corrected chi connectivity index (χ0v) is 51.5. The van der Waals surface area contributed by atoms with Crippen LogP contribution in [0.5, 0.6) is 0 Å². The molecule has 0 bridgehead atoms. The average molecular weight is 1180 g/mol. The van der Waals surface area contributed by atoms with E-state index in [1.165, 1.54) is 0 Å². The maximum Gasteiger partial charge on any atom is 0.492 e. The van der Waals surface area contributed by atoms with Gasteiger partial charge in [-0.2, -0.15) is 0 Å². The third kappa shape index (κ3) is 53.7. The Hall–Kier alpha value is -3.34. The van der Waals surface area contributed by atoms with E-state index in [2.05, 4.69) is 25.4 Å². The molecule has 10 atom stereocenters. The Kier molecular flexibility index (Phi) is 51.2. The Morgan fingerprint density at radius 2 is 1.16 bits per heavy atom. The topological polar surface area (TPSA) is 401 Å². The van der Waals surface area contributed by atoms with Gasteiger partial charge in [-0.05, 0) is 85.1 Å². The van der Waals surface area contributed by atoms with Crippen molar-refractivity contribution in [2.24, 2.45) is 29.2 Å². The zero-order chi connectivity index (χ0) is 61.7. The summed E-state index contributed by atoms with van der Waals surface area (Å²) in [4.78, 5) is 80.8. The Morgan fingerprint density at radius 1 is 0.671 bits per heavy atom. The van der Waals surface area contributed by atoms with Crippen molar-refractivity contribution < 1.29 is 106 Å². The molecule has 79 heavy (non-hydrogen) atoms. The van der Waals surface area contributed by atoms with Gasteiger partial charge in [0.05, 0.1) is 50.4 Å². The quantitative estimate of drug-likeness (QED) is 0.0106. The lowest BCUT2D eigenvalue weighted by Crippen LogP contribution is -2.44. The molecule has 13 N–H and O–H groups in total. The number of nitrogens with one attached hydrogen (secondary N) is 1. The van der Waals surface area contributed by atoms with Crippen molar-refractivity contribution in [1.29, 1.82) is 0 Å². The molecular weight excluding hydrogens is 1070 g/mol. The molecule has 2 aliphatic rings. The van der Waals surface area contributed by atoms with E-state index in [1.807, 2.05) is 27.7 Å². The number of carboxylic acids is 2. The second kappa shape index (κ2) is 49.3. The van der Waals surface area contributed by atoms with Crippen LogP contribution < -0.4 is 16.8 Å². The minimum absolute atomic E-state index is 0.00820. The average Bonchev–Trinajstić information content (AvgIpc) is 4.36. The second-order valence-electron chi connectivity index (χ2n) is 19.5. The van der Waals surface area contributed by atoms with Crippen molar-refractivity contribution in [1.82, 2.24) is 5.32 Å². The molecule has 0 aromatic rings. The molecule has 0 radical (unpaired) electrons. The predicted molar refractivity (Wildman–Crippen MR) is 300 cm³/mol. The van der Waals surface area contributed by atoms with Gasteiger partial charge in [0.25, 0.3) is 0 Å². The molecule has 27 heteroatoms. The van der Waals surface area contributed by atoms with Crippen LogP contribution in [0, 0.1) is 17.8 Å². The molecular formula is C52H105N3O22Si2. The first-order chi connectivity index (χ1) is 36.8. The standard InChI is InChI=1S/C14H28O9Si.C13H26N2O3.C9H20O5Si.C7H10O3.C5H10O2.C4H11N/c1-3-11(13(16)17)7-10(2)14(18)23-9-12(15)8-22-5-4-6-24(19,20)21;1-5-11(14)6-10(4)15-7-12(16)8-18-13(17)9(2)3;1-11-15(8-10,12-2)5-3-4-13-6-9-7-14-9;1-5(2)7(8)10-4-6-3-9-6;1-3-4(2)5(6)7;1-3-4(2)5/h10-12,15,19-21H,3-9H2,1-2H3,(H,16,17);10-12,15-16H,2,5-8,14H2,1,3-4H3;9-10H,3-8H2,1-2H3;6H,1,3-4H2,2H3;4H,3H2,1-2H3,(H,6,7);4H,3,5H2,1-2H3. The van der Waals surface area contributed by atoms with Gasteiger partial charge in [-0.3, -0.25) is 14.4 Å². The summed E-state index contributed by atoms with van der Waals surface area (Å²) in [6, 6.07) is 1.38. The highest BCUT2D eigenvalue weighted by atomic mass is 28.4. The van der Waals surface area contributed by atoms with Crippen LogP contribution >= 0.6 is 0 Å². The lowest BCUT2D eigenvalue weighted by Gasteiger charge is -2.24. The van der Waals surface area contributed by atoms with Crippen LogP contribution in [0.2, 0.25) is 12.1 Å². The SMILES string of the molecule is C=C(C)C(=O)OCC(O)CNC(C)CC(N)CC.C=C(C)C(=O)OCC1CO1.CCC(C)C(=O)O.CCC(C)N.CCC(CC(C)C(=O)OCC(O)COCCC[Si](O)(O)O)C(=O)O.CO[Si](CO)(CCCOCC1CO1)OC. The molecule has 0 spiro atoms. The van der Waals surface area contributed by atoms with Crippen LogP contribution in [0.25, 0.3) is 0 Å². The maximum atomic E-state index is 11.8. The van der Waals surface area contributed by atoms with Crippen LogP contribution in [0.4, 0.5) is 0 Å². The first kappa shape index (κ1) is 82.1. The lowest BCUT2D eigenvalue weighted by atomic mass is 9.94. The summed E-state index contributed by atoms with van der Waals surface area (Å²) >= 11 is 0. The number of aliphatic carboxylic acids is 2. The predicted octanol–water partition coefficient (Wildman–Crippen LogP) is 2.35. The summed E-state index contributed by atoms with van der Waals surface area (Å²) in [5.74, 6) is -4.43. The van der Waals surface area contributed by atoms with Crippen molar-refractivity contribution >= 4 is 47.2 Å². The van der Waals surface area contributed by atoms with Crippen LogP contribution in [-0.4, -0.2) is 216 Å². The van der Waals surface area contributed by atoms with Crippen molar-refractivity contribution in [3.8, 4) is 0 Å². The Morgan fingerprint density at radius 3 is 1.57 bits per heavy atom. The zero-order valence-electron chi connectivity index (χ0n) is 49.5. The lowest BCUT2D eigenvalue weighted by molar-refractivity contribution is -0.153. The number of ether oxygens (including phenoxy) is 7. The number of epoxide rings is 2. The third-order valence-corrected chi connectivity index (χ3v) is 15.5. The minimum atomic E-state index is -4.06. The van der Waals surface area contributed by atoms with E-state index in [0.29, 0.717) is 62.7 Å². The Bertz CT molecular complexity index is 1610. The number of hydrogen-bond donors (Lipinski definition) is 11. The Labute approximate surface area is 472 Å². The van der Waals surface area contributed by atoms with Gasteiger partial charge in [0, 0.05) is 69.3 Å². The number of aliphatic hydroxyl groups is 3. The van der Waals surface area contributed by atoms with Gasteiger partial charge in [-0.15, -0.1) is 0 Å². The molecule has 0 aliphatic carbocycles. The third-order valence-electron chi connectivity index (χ3n) is 11.4. The van der Waals surface area contributed by atoms with E-state index in [1.54, 1.807) is 48.8 Å². The number of nitrogens with two attached hydrogens (primary N) is 2. The summed E-state index contributed by atoms with van der Waals surface area (Å²) in [5, 5.41) is 48.7. The van der Waals surface area contributed by atoms with Crippen LogP contribution in [0.1, 0.15) is 121 Å². The Balaban J connectivity index is -0.000000455. The smallest absolute Gasteiger partial charge is 0.481 e. The molecule has 0 saturated carbocycles. The first-order valence-electron chi connectivity index (χ1n) is 27.0. The molecule has 25 nitrogen and oxygen atoms in total. The van der Waals surface area contributed by atoms with Crippen LogP contribution in [-0.2, 0) is 66.0 Å². The number of carbonyl (C=O) groups excluding carboxylic acids is 3. The number of carbonyl (C=O) groups is 5. The monoisotopic (exact) mass is 1180 g/mol. The molecule has 2 aliphatic heterocycles. The summed E-state index contributed by atoms with van der Waals surface area (Å²) in [6.07, 6.45) is 3.96. The van der Waals surface area contributed by atoms with Crippen molar-refractivity contribution in [2.75, 3.05) is 86.5 Å². The largest absolute Gasteiger partial charge is 0.492 e. The minimum Gasteiger partial charge on any atom is -0.481 e. The van der Waals surface area contributed by atoms with Gasteiger partial charge in [0.15, 0.2) is 0 Å². The van der Waals surface area contributed by atoms with E-state index >= 15 is 0 Å². The molecule has 2 heterocycles. The summed E-state index contributed by atoms with van der Waals surface area (Å²) < 4.78 is 45.4. The van der Waals surface area contributed by atoms with Crippen LogP contribution in [0.3, 0.4) is 0 Å². The fourth-order valence-corrected chi connectivity index (χ4v) is 7.60. The number of esters is 3. The van der Waals surface area contributed by atoms with Crippen molar-refractivity contribution in [3.05, 3.63) is 24.3 Å². The van der Waals surface area contributed by atoms with Gasteiger partial charge >= 0.3 is 47.2 Å². The van der Waals surface area contributed by atoms with Gasteiger partial charge in [-0.1, -0.05) is 54.7 Å². The van der Waals surface area contributed by atoms with E-state index in [-0.39, 0.29) is 81.6 Å². The summed E-state index contributed by atoms with van der Waals surface area (Å²) in [6.45, 7) is 28.4. The van der Waals surface area contributed by atoms with Gasteiger partial charge in [0.2, 0.25) is 0 Å². The maximum absolute atomic E-state index is 11.8. The summed E-state index contributed by atoms with van der Waals surface area (Å²) in [5.41, 5.74) is 11.9. The first-order valence-corrected chi connectivity index (χ1v) is 31.3. The van der Waals surface area contributed by atoms with E-state index in [9.17, 15) is 39.3 Å². The molecule has 468 valence electrons. The highest BCUT2D eigenvalue weighted by molar-refractivity contribution is 6.67. The molecule has 2 saturated heterocycles. The number of carboxylic acid groups (broad SMARTS) is 2. The number of rotatable bonds is 37. The van der Waals surface area contributed by atoms with Crippen molar-refractivity contribution in [2.45, 2.75) is 175 Å². The normalized spacial score (nSPS) is 17.2. The molecule has 0 amide bonds. The van der Waals surface area contributed by atoms with Gasteiger partial charge in [-0.25, -0.2) is 9.59 Å². The molecule has 0 aromatic heterocycles. The molecule has 0 aromatic carbocycles. The van der Waals surface area contributed by atoms with E-state index in [0.717, 1.165) is 44.8 Å². The van der Waals surface area contributed by atoms with Crippen molar-refractivity contribution in [3.63, 3.8) is 0 Å². The highest BCUT2D eigenvalue weighted by Gasteiger charge is 2.34.